The Balaban J connectivity index is 2.00. The molecular formula is C19H26N4O3. The summed E-state index contributed by atoms with van der Waals surface area (Å²) in [4.78, 5) is 4.33. The Morgan fingerprint density at radius 3 is 2.62 bits per heavy atom. The van der Waals surface area contributed by atoms with Gasteiger partial charge in [-0.1, -0.05) is 19.0 Å². The van der Waals surface area contributed by atoms with E-state index in [1.165, 1.54) is 0 Å². The van der Waals surface area contributed by atoms with E-state index in [1.807, 2.05) is 29.8 Å². The van der Waals surface area contributed by atoms with Gasteiger partial charge in [-0.05, 0) is 37.5 Å². The average Bonchev–Trinajstić information content (AvgIpc) is 3.16. The highest BCUT2D eigenvalue weighted by molar-refractivity contribution is 5.95. The number of hydrogen-bond donors (Lipinski definition) is 1. The summed E-state index contributed by atoms with van der Waals surface area (Å²) >= 11 is 0. The maximum absolute atomic E-state index is 6.16. The lowest BCUT2D eigenvalue weighted by Gasteiger charge is -2.16. The lowest BCUT2D eigenvalue weighted by molar-refractivity contribution is 0.273. The number of rotatable bonds is 7. The van der Waals surface area contributed by atoms with Crippen LogP contribution < -0.4 is 15.2 Å². The number of benzene rings is 1. The lowest BCUT2D eigenvalue weighted by atomic mass is 10.1. The van der Waals surface area contributed by atoms with Crippen molar-refractivity contribution in [3.8, 4) is 23.1 Å². The van der Waals surface area contributed by atoms with Crippen molar-refractivity contribution in [2.75, 3.05) is 13.7 Å². The molecule has 0 aliphatic heterocycles. The molecule has 7 heteroatoms. The first-order chi connectivity index (χ1) is 12.4. The number of hydrogen-bond acceptors (Lipinski definition) is 6. The fraction of sp³-hybridized carbons (Fsp3) is 0.474. The van der Waals surface area contributed by atoms with E-state index in [0.29, 0.717) is 24.2 Å². The second kappa shape index (κ2) is 7.37. The van der Waals surface area contributed by atoms with Crippen molar-refractivity contribution < 1.29 is 14.0 Å². The van der Waals surface area contributed by atoms with Crippen LogP contribution in [0.15, 0.2) is 22.7 Å². The standard InChI is InChI=1S/C19H26N4O3/c1-11(2)8-13(20)10-25-16-6-7-17(24-5)18-14(16)9-15(23(18)4)19-21-12(3)22-26-19/h6-7,9,11,13H,8,10,20H2,1-5H3/t13-/m0/s1. The van der Waals surface area contributed by atoms with Gasteiger partial charge in [0.15, 0.2) is 5.82 Å². The third-order valence-electron chi connectivity index (χ3n) is 4.31. The molecule has 0 radical (unpaired) electrons. The van der Waals surface area contributed by atoms with Crippen molar-refractivity contribution in [3.63, 3.8) is 0 Å². The molecule has 26 heavy (non-hydrogen) atoms. The molecule has 2 aromatic heterocycles. The van der Waals surface area contributed by atoms with Crippen LogP contribution in [0, 0.1) is 12.8 Å². The Morgan fingerprint density at radius 1 is 1.27 bits per heavy atom. The van der Waals surface area contributed by atoms with E-state index in [9.17, 15) is 0 Å². The van der Waals surface area contributed by atoms with E-state index >= 15 is 0 Å². The van der Waals surface area contributed by atoms with Crippen molar-refractivity contribution in [2.24, 2.45) is 18.7 Å². The molecule has 0 unspecified atom stereocenters. The van der Waals surface area contributed by atoms with Crippen LogP contribution in [0.1, 0.15) is 26.1 Å². The Hall–Kier alpha value is -2.54. The molecule has 0 saturated heterocycles. The van der Waals surface area contributed by atoms with Crippen LogP contribution in [0.2, 0.25) is 0 Å². The number of fused-ring (bicyclic) bond motifs is 1. The monoisotopic (exact) mass is 358 g/mol. The van der Waals surface area contributed by atoms with Crippen molar-refractivity contribution in [1.82, 2.24) is 14.7 Å². The third kappa shape index (κ3) is 3.53. The van der Waals surface area contributed by atoms with Gasteiger partial charge < -0.3 is 24.3 Å². The first-order valence-corrected chi connectivity index (χ1v) is 8.76. The maximum atomic E-state index is 6.16. The first kappa shape index (κ1) is 18.3. The van der Waals surface area contributed by atoms with E-state index in [-0.39, 0.29) is 6.04 Å². The normalized spacial score (nSPS) is 12.7. The van der Waals surface area contributed by atoms with E-state index in [2.05, 4.69) is 24.0 Å². The fourth-order valence-electron chi connectivity index (χ4n) is 3.18. The largest absolute Gasteiger partial charge is 0.495 e. The number of ether oxygens (including phenoxy) is 2. The van der Waals surface area contributed by atoms with E-state index in [0.717, 1.165) is 34.5 Å². The minimum absolute atomic E-state index is 0.00563. The van der Waals surface area contributed by atoms with Gasteiger partial charge in [-0.2, -0.15) is 4.98 Å². The molecule has 3 aromatic rings. The van der Waals surface area contributed by atoms with E-state index in [4.69, 9.17) is 19.7 Å². The van der Waals surface area contributed by atoms with Crippen LogP contribution in [-0.4, -0.2) is 34.5 Å². The van der Waals surface area contributed by atoms with Gasteiger partial charge in [0.25, 0.3) is 5.89 Å². The highest BCUT2D eigenvalue weighted by atomic mass is 16.5. The Morgan fingerprint density at radius 2 is 2.00 bits per heavy atom. The van der Waals surface area contributed by atoms with Crippen LogP contribution in [0.25, 0.3) is 22.5 Å². The minimum atomic E-state index is -0.00563. The molecule has 0 aliphatic carbocycles. The minimum Gasteiger partial charge on any atom is -0.495 e. The molecule has 0 bridgehead atoms. The molecule has 1 atom stereocenters. The Labute approximate surface area is 153 Å². The molecule has 0 amide bonds. The molecule has 3 rings (SSSR count). The molecule has 0 aliphatic rings. The fourth-order valence-corrected chi connectivity index (χ4v) is 3.18. The Kier molecular flexibility index (Phi) is 5.18. The predicted molar refractivity (Wildman–Crippen MR) is 100 cm³/mol. The van der Waals surface area contributed by atoms with Gasteiger partial charge in [0.2, 0.25) is 0 Å². The second-order valence-corrected chi connectivity index (χ2v) is 6.96. The zero-order valence-electron chi connectivity index (χ0n) is 15.9. The number of methoxy groups -OCH3 is 1. The summed E-state index contributed by atoms with van der Waals surface area (Å²) in [6, 6.07) is 5.78. The molecule has 0 saturated carbocycles. The van der Waals surface area contributed by atoms with Gasteiger partial charge in [0.05, 0.1) is 12.6 Å². The predicted octanol–water partition coefficient (Wildman–Crippen LogP) is 3.30. The third-order valence-corrected chi connectivity index (χ3v) is 4.31. The van der Waals surface area contributed by atoms with Gasteiger partial charge in [-0.3, -0.25) is 0 Å². The van der Waals surface area contributed by atoms with Crippen molar-refractivity contribution in [2.45, 2.75) is 33.2 Å². The summed E-state index contributed by atoms with van der Waals surface area (Å²) in [6.45, 7) is 6.56. The summed E-state index contributed by atoms with van der Waals surface area (Å²) in [7, 11) is 3.59. The molecule has 7 nitrogen and oxygen atoms in total. The van der Waals surface area contributed by atoms with Gasteiger partial charge in [-0.25, -0.2) is 0 Å². The summed E-state index contributed by atoms with van der Waals surface area (Å²) in [5.74, 6) is 3.11. The summed E-state index contributed by atoms with van der Waals surface area (Å²) < 4.78 is 18.9. The van der Waals surface area contributed by atoms with Crippen molar-refractivity contribution in [1.29, 1.82) is 0 Å². The summed E-state index contributed by atoms with van der Waals surface area (Å²) in [6.07, 6.45) is 0.917. The summed E-state index contributed by atoms with van der Waals surface area (Å²) in [5.41, 5.74) is 7.88. The quantitative estimate of drug-likeness (QED) is 0.697. The highest BCUT2D eigenvalue weighted by Crippen LogP contribution is 2.38. The molecule has 1 aromatic carbocycles. The molecular weight excluding hydrogens is 332 g/mol. The van der Waals surface area contributed by atoms with Gasteiger partial charge in [0, 0.05) is 18.5 Å². The Bertz CT molecular complexity index is 898. The molecule has 0 fully saturated rings. The maximum Gasteiger partial charge on any atom is 0.274 e. The van der Waals surface area contributed by atoms with Crippen LogP contribution in [0.5, 0.6) is 11.5 Å². The van der Waals surface area contributed by atoms with Crippen LogP contribution in [0.3, 0.4) is 0 Å². The van der Waals surface area contributed by atoms with Crippen LogP contribution in [0.4, 0.5) is 0 Å². The first-order valence-electron chi connectivity index (χ1n) is 8.76. The lowest BCUT2D eigenvalue weighted by Crippen LogP contribution is -2.29. The molecule has 2 N–H and O–H groups in total. The number of aryl methyl sites for hydroxylation is 2. The van der Waals surface area contributed by atoms with Crippen molar-refractivity contribution in [3.05, 3.63) is 24.0 Å². The van der Waals surface area contributed by atoms with Crippen molar-refractivity contribution >= 4 is 10.9 Å². The van der Waals surface area contributed by atoms with Gasteiger partial charge >= 0.3 is 0 Å². The van der Waals surface area contributed by atoms with Crippen LogP contribution >= 0.6 is 0 Å². The highest BCUT2D eigenvalue weighted by Gasteiger charge is 2.19. The van der Waals surface area contributed by atoms with Gasteiger partial charge in [0.1, 0.15) is 23.8 Å². The average molecular weight is 358 g/mol. The topological polar surface area (TPSA) is 88.3 Å². The van der Waals surface area contributed by atoms with Crippen LogP contribution in [-0.2, 0) is 7.05 Å². The van der Waals surface area contributed by atoms with E-state index < -0.39 is 0 Å². The molecule has 140 valence electrons. The molecule has 2 heterocycles. The number of nitrogens with zero attached hydrogens (tertiary/aromatic N) is 3. The number of nitrogens with two attached hydrogens (primary N) is 1. The second-order valence-electron chi connectivity index (χ2n) is 6.96. The zero-order chi connectivity index (χ0) is 18.8. The van der Waals surface area contributed by atoms with Gasteiger partial charge in [-0.15, -0.1) is 0 Å². The van der Waals surface area contributed by atoms with E-state index in [1.54, 1.807) is 14.0 Å². The number of aromatic nitrogens is 3. The summed E-state index contributed by atoms with van der Waals surface area (Å²) in [5, 5.41) is 4.80. The zero-order valence-corrected chi connectivity index (χ0v) is 15.9. The molecule has 0 spiro atoms. The smallest absolute Gasteiger partial charge is 0.274 e. The SMILES string of the molecule is COc1ccc(OC[C@@H](N)CC(C)C)c2cc(-c3nc(C)no3)n(C)c12.